The van der Waals surface area contributed by atoms with Crippen LogP contribution in [0.1, 0.15) is 13.3 Å². The molecule has 0 radical (unpaired) electrons. The Balaban J connectivity index is 0.00000225. The highest BCUT2D eigenvalue weighted by molar-refractivity contribution is 9.10. The lowest BCUT2D eigenvalue weighted by Crippen LogP contribution is -2.24. The number of benzene rings is 1. The topological polar surface area (TPSA) is 55.1 Å². The Hall–Kier alpha value is -0.650. The van der Waals surface area contributed by atoms with E-state index in [0.717, 1.165) is 0 Å². The van der Waals surface area contributed by atoms with Gasteiger partial charge in [0.15, 0.2) is 0 Å². The van der Waals surface area contributed by atoms with Crippen LogP contribution in [-0.4, -0.2) is 11.9 Å². The second-order valence-corrected chi connectivity index (χ2v) is 4.27. The molecular weight excluding hydrogens is 298 g/mol. The van der Waals surface area contributed by atoms with Crippen molar-refractivity contribution in [2.24, 2.45) is 5.73 Å². The molecule has 0 saturated heterocycles. The monoisotopic (exact) mass is 310 g/mol. The van der Waals surface area contributed by atoms with Crippen LogP contribution in [0.5, 0.6) is 0 Å². The van der Waals surface area contributed by atoms with Crippen molar-refractivity contribution >= 4 is 39.9 Å². The van der Waals surface area contributed by atoms with Gasteiger partial charge in [0.1, 0.15) is 5.82 Å². The molecule has 0 heterocycles. The summed E-state index contributed by atoms with van der Waals surface area (Å²) in [5.74, 6) is -0.752. The molecule has 1 aromatic rings. The Morgan fingerprint density at radius 1 is 1.62 bits per heavy atom. The second-order valence-electron chi connectivity index (χ2n) is 3.35. The Bertz CT molecular complexity index is 374. The fourth-order valence-corrected chi connectivity index (χ4v) is 1.45. The van der Waals surface area contributed by atoms with Crippen molar-refractivity contribution in [2.75, 3.05) is 5.32 Å². The van der Waals surface area contributed by atoms with Crippen molar-refractivity contribution in [3.8, 4) is 0 Å². The molecule has 1 atom stereocenters. The van der Waals surface area contributed by atoms with Gasteiger partial charge in [-0.05, 0) is 25.1 Å². The van der Waals surface area contributed by atoms with Crippen molar-refractivity contribution < 1.29 is 9.18 Å². The Kier molecular flexibility index (Phi) is 6.55. The summed E-state index contributed by atoms with van der Waals surface area (Å²) in [5, 5.41) is 2.46. The van der Waals surface area contributed by atoms with Crippen molar-refractivity contribution in [3.05, 3.63) is 28.5 Å². The van der Waals surface area contributed by atoms with E-state index >= 15 is 0 Å². The van der Waals surface area contributed by atoms with Gasteiger partial charge in [0, 0.05) is 16.9 Å². The van der Waals surface area contributed by atoms with Gasteiger partial charge in [-0.15, -0.1) is 12.4 Å². The number of halogens is 3. The first kappa shape index (κ1) is 15.3. The van der Waals surface area contributed by atoms with Crippen LogP contribution in [-0.2, 0) is 4.79 Å². The van der Waals surface area contributed by atoms with Crippen LogP contribution in [0.15, 0.2) is 22.7 Å². The van der Waals surface area contributed by atoms with E-state index in [1.165, 1.54) is 12.1 Å². The number of nitrogens with one attached hydrogen (secondary N) is 1. The zero-order chi connectivity index (χ0) is 11.4. The number of amides is 1. The second kappa shape index (κ2) is 6.83. The van der Waals surface area contributed by atoms with Gasteiger partial charge >= 0.3 is 0 Å². The number of carbonyl (C=O) groups excluding carboxylic acids is 1. The third-order valence-electron chi connectivity index (χ3n) is 1.71. The molecule has 16 heavy (non-hydrogen) atoms. The molecule has 0 aliphatic carbocycles. The van der Waals surface area contributed by atoms with E-state index in [0.29, 0.717) is 4.47 Å². The standard InChI is InChI=1S/C10H12BrFN2O.ClH/c1-6(13)4-10(15)14-9-5-7(11)2-3-8(9)12;/h2-3,5-6H,4,13H2,1H3,(H,14,15);1H. The molecule has 0 saturated carbocycles. The summed E-state index contributed by atoms with van der Waals surface area (Å²) in [6.07, 6.45) is 0.173. The van der Waals surface area contributed by atoms with Gasteiger partial charge in [-0.25, -0.2) is 4.39 Å². The molecule has 0 spiro atoms. The predicted molar refractivity (Wildman–Crippen MR) is 68.2 cm³/mol. The van der Waals surface area contributed by atoms with E-state index in [4.69, 9.17) is 5.73 Å². The minimum Gasteiger partial charge on any atom is -0.327 e. The van der Waals surface area contributed by atoms with Crippen LogP contribution in [0.4, 0.5) is 10.1 Å². The zero-order valence-electron chi connectivity index (χ0n) is 8.67. The lowest BCUT2D eigenvalue weighted by molar-refractivity contribution is -0.116. The largest absolute Gasteiger partial charge is 0.327 e. The quantitative estimate of drug-likeness (QED) is 0.902. The molecule has 0 aliphatic heterocycles. The fraction of sp³-hybridized carbons (Fsp3) is 0.300. The normalized spacial score (nSPS) is 11.5. The molecule has 1 aromatic carbocycles. The highest BCUT2D eigenvalue weighted by Gasteiger charge is 2.08. The summed E-state index contributed by atoms with van der Waals surface area (Å²) in [4.78, 5) is 11.3. The molecule has 0 aromatic heterocycles. The van der Waals surface area contributed by atoms with E-state index in [2.05, 4.69) is 21.2 Å². The van der Waals surface area contributed by atoms with Crippen LogP contribution in [0.25, 0.3) is 0 Å². The van der Waals surface area contributed by atoms with Gasteiger partial charge in [-0.3, -0.25) is 4.79 Å². The van der Waals surface area contributed by atoms with Crippen molar-refractivity contribution in [1.29, 1.82) is 0 Å². The molecule has 3 N–H and O–H groups in total. The zero-order valence-corrected chi connectivity index (χ0v) is 11.1. The average molecular weight is 312 g/mol. The van der Waals surface area contributed by atoms with Crippen LogP contribution in [0, 0.1) is 5.82 Å². The Morgan fingerprint density at radius 2 is 2.25 bits per heavy atom. The first-order chi connectivity index (χ1) is 6.99. The Morgan fingerprint density at radius 3 is 2.81 bits per heavy atom. The highest BCUT2D eigenvalue weighted by atomic mass is 79.9. The molecule has 1 unspecified atom stereocenters. The molecule has 1 rings (SSSR count). The summed E-state index contributed by atoms with van der Waals surface area (Å²) >= 11 is 3.19. The summed E-state index contributed by atoms with van der Waals surface area (Å²) in [7, 11) is 0. The molecule has 90 valence electrons. The van der Waals surface area contributed by atoms with Crippen molar-refractivity contribution in [3.63, 3.8) is 0 Å². The first-order valence-electron chi connectivity index (χ1n) is 4.49. The third-order valence-corrected chi connectivity index (χ3v) is 2.20. The highest BCUT2D eigenvalue weighted by Crippen LogP contribution is 2.20. The van der Waals surface area contributed by atoms with E-state index in [1.54, 1.807) is 13.0 Å². The van der Waals surface area contributed by atoms with Gasteiger partial charge < -0.3 is 11.1 Å². The average Bonchev–Trinajstić information content (AvgIpc) is 2.10. The number of rotatable bonds is 3. The van der Waals surface area contributed by atoms with Crippen molar-refractivity contribution in [1.82, 2.24) is 0 Å². The summed E-state index contributed by atoms with van der Waals surface area (Å²) in [5.41, 5.74) is 5.61. The third kappa shape index (κ3) is 4.92. The molecule has 3 nitrogen and oxygen atoms in total. The fourth-order valence-electron chi connectivity index (χ4n) is 1.09. The molecule has 6 heteroatoms. The minimum absolute atomic E-state index is 0. The SMILES string of the molecule is CC(N)CC(=O)Nc1cc(Br)ccc1F.Cl. The maximum atomic E-state index is 13.2. The molecule has 0 fully saturated rings. The molecule has 0 aliphatic rings. The number of nitrogens with two attached hydrogens (primary N) is 1. The smallest absolute Gasteiger partial charge is 0.225 e. The predicted octanol–water partition coefficient (Wildman–Crippen LogP) is 2.69. The maximum absolute atomic E-state index is 13.2. The minimum atomic E-state index is -0.462. The van der Waals surface area contributed by atoms with E-state index in [9.17, 15) is 9.18 Å². The summed E-state index contributed by atoms with van der Waals surface area (Å²) < 4.78 is 13.9. The lowest BCUT2D eigenvalue weighted by Gasteiger charge is -2.08. The van der Waals surface area contributed by atoms with Crippen LogP contribution >= 0.6 is 28.3 Å². The van der Waals surface area contributed by atoms with Crippen molar-refractivity contribution in [2.45, 2.75) is 19.4 Å². The van der Waals surface area contributed by atoms with Gasteiger partial charge in [0.2, 0.25) is 5.91 Å². The molecular formula is C10H13BrClFN2O. The number of hydrogen-bond donors (Lipinski definition) is 2. The Labute approximate surface area is 108 Å². The first-order valence-corrected chi connectivity index (χ1v) is 5.29. The number of anilines is 1. The van der Waals surface area contributed by atoms with Gasteiger partial charge in [-0.2, -0.15) is 0 Å². The lowest BCUT2D eigenvalue weighted by atomic mass is 10.2. The molecule has 0 bridgehead atoms. The van der Waals surface area contributed by atoms with Gasteiger partial charge in [-0.1, -0.05) is 15.9 Å². The maximum Gasteiger partial charge on any atom is 0.225 e. The summed E-state index contributed by atoms with van der Waals surface area (Å²) in [6, 6.07) is 4.12. The van der Waals surface area contributed by atoms with Gasteiger partial charge in [0.25, 0.3) is 0 Å². The van der Waals surface area contributed by atoms with E-state index in [-0.39, 0.29) is 36.5 Å². The molecule has 1 amide bonds. The number of carbonyl (C=O) groups is 1. The summed E-state index contributed by atoms with van der Waals surface area (Å²) in [6.45, 7) is 1.72. The number of hydrogen-bond acceptors (Lipinski definition) is 2. The van der Waals surface area contributed by atoms with Gasteiger partial charge in [0.05, 0.1) is 5.69 Å². The van der Waals surface area contributed by atoms with E-state index < -0.39 is 5.82 Å². The van der Waals surface area contributed by atoms with Crippen LogP contribution < -0.4 is 11.1 Å². The van der Waals surface area contributed by atoms with Crippen LogP contribution in [0.3, 0.4) is 0 Å². The van der Waals surface area contributed by atoms with Crippen LogP contribution in [0.2, 0.25) is 0 Å². The van der Waals surface area contributed by atoms with E-state index in [1.807, 2.05) is 0 Å².